The number of carbonyl (C=O) groups is 3. The number of aromatic nitrogens is 1. The number of urea groups is 1. The molecule has 4 N–H and O–H groups in total. The molecule has 7 nitrogen and oxygen atoms in total. The number of carbonyl (C=O) groups excluding carboxylic acids is 3. The highest BCUT2D eigenvalue weighted by molar-refractivity contribution is 6.05. The zero-order valence-corrected chi connectivity index (χ0v) is 13.7. The summed E-state index contributed by atoms with van der Waals surface area (Å²) in [5.41, 5.74) is 5.38. The Bertz CT molecular complexity index is 808. The van der Waals surface area contributed by atoms with Gasteiger partial charge in [0.1, 0.15) is 5.69 Å². The Labute approximate surface area is 145 Å². The van der Waals surface area contributed by atoms with E-state index in [1.807, 2.05) is 30.3 Å². The zero-order valence-electron chi connectivity index (χ0n) is 13.7. The summed E-state index contributed by atoms with van der Waals surface area (Å²) < 4.78 is 0. The molecule has 1 aromatic heterocycles. The van der Waals surface area contributed by atoms with Gasteiger partial charge in [-0.15, -0.1) is 0 Å². The molecule has 7 heteroatoms. The topological polar surface area (TPSA) is 114 Å². The first-order valence-corrected chi connectivity index (χ1v) is 8.29. The molecule has 0 saturated heterocycles. The number of benzene rings is 1. The summed E-state index contributed by atoms with van der Waals surface area (Å²) >= 11 is 0. The van der Waals surface area contributed by atoms with Gasteiger partial charge in [-0.25, -0.2) is 4.79 Å². The molecule has 0 unspecified atom stereocenters. The van der Waals surface area contributed by atoms with Gasteiger partial charge in [-0.1, -0.05) is 24.3 Å². The molecule has 130 valence electrons. The van der Waals surface area contributed by atoms with Gasteiger partial charge in [-0.2, -0.15) is 0 Å². The van der Waals surface area contributed by atoms with Crippen LogP contribution in [0.4, 0.5) is 4.79 Å². The molecule has 1 aromatic carbocycles. The maximum Gasteiger partial charge on any atom is 0.318 e. The summed E-state index contributed by atoms with van der Waals surface area (Å²) in [6.07, 6.45) is 4.18. The molecule has 0 radical (unpaired) electrons. The minimum absolute atomic E-state index is 0.00843. The maximum absolute atomic E-state index is 12.6. The van der Waals surface area contributed by atoms with Gasteiger partial charge in [0.25, 0.3) is 5.91 Å². The number of rotatable bonds is 3. The molecule has 1 heterocycles. The summed E-state index contributed by atoms with van der Waals surface area (Å²) in [4.78, 5) is 39.3. The lowest BCUT2D eigenvalue weighted by Crippen LogP contribution is -2.43. The van der Waals surface area contributed by atoms with Gasteiger partial charge < -0.3 is 11.1 Å². The minimum atomic E-state index is -0.831. The van der Waals surface area contributed by atoms with Crippen molar-refractivity contribution in [1.82, 2.24) is 15.6 Å². The van der Waals surface area contributed by atoms with E-state index < -0.39 is 6.03 Å². The van der Waals surface area contributed by atoms with Gasteiger partial charge in [0, 0.05) is 23.5 Å². The number of nitrogens with zero attached hydrogens (tertiary/aromatic N) is 1. The third-order valence-electron chi connectivity index (χ3n) is 4.57. The summed E-state index contributed by atoms with van der Waals surface area (Å²) in [6.45, 7) is 0. The average molecular weight is 340 g/mol. The van der Waals surface area contributed by atoms with Crippen molar-refractivity contribution >= 4 is 28.6 Å². The van der Waals surface area contributed by atoms with E-state index >= 15 is 0 Å². The third kappa shape index (κ3) is 3.93. The lowest BCUT2D eigenvalue weighted by Gasteiger charge is -2.28. The van der Waals surface area contributed by atoms with Crippen LogP contribution in [0.5, 0.6) is 0 Å². The molecule has 0 spiro atoms. The second-order valence-electron chi connectivity index (χ2n) is 6.26. The fraction of sp³-hybridized carbons (Fsp3) is 0.333. The number of hydrogen-bond donors (Lipinski definition) is 3. The quantitative estimate of drug-likeness (QED) is 0.789. The molecule has 1 aliphatic rings. The van der Waals surface area contributed by atoms with Crippen LogP contribution in [0.15, 0.2) is 36.5 Å². The molecule has 0 atom stereocenters. The van der Waals surface area contributed by atoms with E-state index in [4.69, 9.17) is 5.73 Å². The summed E-state index contributed by atoms with van der Waals surface area (Å²) in [7, 11) is 0. The van der Waals surface area contributed by atoms with Crippen LogP contribution in [0.1, 0.15) is 36.2 Å². The second-order valence-corrected chi connectivity index (χ2v) is 6.26. The van der Waals surface area contributed by atoms with Gasteiger partial charge >= 0.3 is 6.03 Å². The molecule has 4 amide bonds. The van der Waals surface area contributed by atoms with Crippen LogP contribution in [0.2, 0.25) is 0 Å². The van der Waals surface area contributed by atoms with Crippen LogP contribution in [-0.4, -0.2) is 28.9 Å². The van der Waals surface area contributed by atoms with E-state index in [9.17, 15) is 14.4 Å². The Morgan fingerprint density at radius 1 is 1.04 bits per heavy atom. The van der Waals surface area contributed by atoms with Gasteiger partial charge in [-0.05, 0) is 37.1 Å². The number of fused-ring (bicyclic) bond motifs is 1. The van der Waals surface area contributed by atoms with Crippen molar-refractivity contribution in [2.45, 2.75) is 31.7 Å². The number of nitrogens with two attached hydrogens (primary N) is 1. The molecule has 0 aliphatic heterocycles. The van der Waals surface area contributed by atoms with Crippen LogP contribution in [0.25, 0.3) is 10.8 Å². The normalized spacial score (nSPS) is 20.0. The van der Waals surface area contributed by atoms with E-state index in [2.05, 4.69) is 15.6 Å². The van der Waals surface area contributed by atoms with Crippen molar-refractivity contribution in [3.05, 3.63) is 42.2 Å². The molecule has 1 fully saturated rings. The van der Waals surface area contributed by atoms with Crippen molar-refractivity contribution in [3.63, 3.8) is 0 Å². The van der Waals surface area contributed by atoms with E-state index in [0.29, 0.717) is 31.4 Å². The van der Waals surface area contributed by atoms with Crippen molar-refractivity contribution < 1.29 is 14.4 Å². The van der Waals surface area contributed by atoms with Gasteiger partial charge in [0.15, 0.2) is 0 Å². The fourth-order valence-electron chi connectivity index (χ4n) is 3.28. The Balaban J connectivity index is 1.61. The summed E-state index contributed by atoms with van der Waals surface area (Å²) in [6, 6.07) is 8.65. The number of hydrogen-bond acceptors (Lipinski definition) is 4. The molecular weight excluding hydrogens is 320 g/mol. The Kier molecular flexibility index (Phi) is 4.92. The monoisotopic (exact) mass is 340 g/mol. The zero-order chi connectivity index (χ0) is 17.8. The number of pyridine rings is 1. The lowest BCUT2D eigenvalue weighted by atomic mass is 9.85. The summed E-state index contributed by atoms with van der Waals surface area (Å²) in [5, 5.41) is 6.90. The molecule has 0 bridgehead atoms. The van der Waals surface area contributed by atoms with E-state index in [0.717, 1.165) is 10.8 Å². The van der Waals surface area contributed by atoms with E-state index in [-0.39, 0.29) is 23.8 Å². The highest BCUT2D eigenvalue weighted by atomic mass is 16.2. The highest BCUT2D eigenvalue weighted by Crippen LogP contribution is 2.25. The van der Waals surface area contributed by atoms with Crippen LogP contribution >= 0.6 is 0 Å². The van der Waals surface area contributed by atoms with Crippen molar-refractivity contribution in [3.8, 4) is 0 Å². The first-order chi connectivity index (χ1) is 12.0. The smallest absolute Gasteiger partial charge is 0.318 e. The number of imide groups is 1. The van der Waals surface area contributed by atoms with Crippen molar-refractivity contribution in [2.24, 2.45) is 11.7 Å². The van der Waals surface area contributed by atoms with Crippen LogP contribution < -0.4 is 16.4 Å². The Morgan fingerprint density at radius 3 is 2.48 bits per heavy atom. The average Bonchev–Trinajstić information content (AvgIpc) is 2.61. The third-order valence-corrected chi connectivity index (χ3v) is 4.57. The van der Waals surface area contributed by atoms with Crippen LogP contribution in [0, 0.1) is 5.92 Å². The van der Waals surface area contributed by atoms with E-state index in [1.165, 1.54) is 0 Å². The van der Waals surface area contributed by atoms with Gasteiger partial charge in [0.2, 0.25) is 5.91 Å². The predicted molar refractivity (Wildman–Crippen MR) is 92.7 cm³/mol. The largest absolute Gasteiger partial charge is 0.351 e. The molecule has 1 aliphatic carbocycles. The summed E-state index contributed by atoms with van der Waals surface area (Å²) in [5.74, 6) is -0.786. The number of amides is 4. The lowest BCUT2D eigenvalue weighted by molar-refractivity contribution is -0.124. The number of primary amides is 1. The highest BCUT2D eigenvalue weighted by Gasteiger charge is 2.28. The SMILES string of the molecule is NC(=O)NC(=O)C1CCC(NC(=O)c2nccc3ccccc23)CC1. The molecule has 1 saturated carbocycles. The maximum atomic E-state index is 12.6. The minimum Gasteiger partial charge on any atom is -0.351 e. The molecule has 3 rings (SSSR count). The van der Waals surface area contributed by atoms with Crippen LogP contribution in [-0.2, 0) is 4.79 Å². The Hall–Kier alpha value is -2.96. The van der Waals surface area contributed by atoms with Crippen molar-refractivity contribution in [2.75, 3.05) is 0 Å². The van der Waals surface area contributed by atoms with Crippen molar-refractivity contribution in [1.29, 1.82) is 0 Å². The van der Waals surface area contributed by atoms with Crippen LogP contribution in [0.3, 0.4) is 0 Å². The number of nitrogens with one attached hydrogen (secondary N) is 2. The first-order valence-electron chi connectivity index (χ1n) is 8.29. The van der Waals surface area contributed by atoms with E-state index in [1.54, 1.807) is 6.20 Å². The van der Waals surface area contributed by atoms with Gasteiger partial charge in [0.05, 0.1) is 0 Å². The standard InChI is InChI=1S/C18H20N4O3/c19-18(25)22-16(23)12-5-7-13(8-6-12)21-17(24)15-14-4-2-1-3-11(14)9-10-20-15/h1-4,9-10,12-13H,5-8H2,(H,21,24)(H3,19,22,23,25). The molecular formula is C18H20N4O3. The Morgan fingerprint density at radius 2 is 1.76 bits per heavy atom. The molecule has 25 heavy (non-hydrogen) atoms. The predicted octanol–water partition coefficient (Wildman–Crippen LogP) is 1.72. The molecule has 2 aromatic rings. The first kappa shape index (κ1) is 16.9. The van der Waals surface area contributed by atoms with Gasteiger partial charge in [-0.3, -0.25) is 19.9 Å². The fourth-order valence-corrected chi connectivity index (χ4v) is 3.28. The second kappa shape index (κ2) is 7.29.